The average Bonchev–Trinajstić information content (AvgIpc) is 2.75. The molecule has 0 radical (unpaired) electrons. The molecule has 0 unspecified atom stereocenters. The highest BCUT2D eigenvalue weighted by molar-refractivity contribution is 7.91. The Morgan fingerprint density at radius 1 is 0.867 bits per heavy atom. The Bertz CT molecular complexity index is 943. The third-order valence-electron chi connectivity index (χ3n) is 7.17. The Morgan fingerprint density at radius 2 is 1.47 bits per heavy atom. The van der Waals surface area contributed by atoms with Crippen molar-refractivity contribution < 1.29 is 8.42 Å². The summed E-state index contributed by atoms with van der Waals surface area (Å²) in [4.78, 5) is 5.42. The van der Waals surface area contributed by atoms with Crippen LogP contribution in [0, 0.1) is 11.8 Å². The Hall–Kier alpha value is -1.43. The topological polar surface area (TPSA) is 40.6 Å². The first-order valence-electron chi connectivity index (χ1n) is 11.6. The average molecular weight is 429 g/mol. The van der Waals surface area contributed by atoms with Gasteiger partial charge in [-0.2, -0.15) is 0 Å². The molecule has 2 aromatic carbocycles. The fourth-order valence-corrected chi connectivity index (χ4v) is 6.52. The highest BCUT2D eigenvalue weighted by atomic mass is 32.2. The molecule has 2 heterocycles. The molecule has 2 fully saturated rings. The van der Waals surface area contributed by atoms with E-state index in [9.17, 15) is 8.42 Å². The van der Waals surface area contributed by atoms with E-state index in [2.05, 4.69) is 23.6 Å². The molecular formula is C25H36N2O2S. The number of hydrogen-bond donors (Lipinski definition) is 0. The normalized spacial score (nSPS) is 21.8. The summed E-state index contributed by atoms with van der Waals surface area (Å²) in [7, 11) is -3.34. The van der Waals surface area contributed by atoms with Gasteiger partial charge in [-0.15, -0.1) is 0 Å². The minimum Gasteiger partial charge on any atom is -0.302 e. The molecule has 0 spiro atoms. The predicted octanol–water partition coefficient (Wildman–Crippen LogP) is 4.45. The van der Waals surface area contributed by atoms with Crippen molar-refractivity contribution in [2.45, 2.75) is 50.5 Å². The van der Waals surface area contributed by atoms with Gasteiger partial charge in [0.15, 0.2) is 9.84 Å². The molecule has 2 saturated heterocycles. The zero-order valence-corrected chi connectivity index (χ0v) is 19.3. The lowest BCUT2D eigenvalue weighted by molar-refractivity contribution is 0.0974. The van der Waals surface area contributed by atoms with E-state index in [1.54, 1.807) is 6.07 Å². The summed E-state index contributed by atoms with van der Waals surface area (Å²) in [6, 6.07) is 13.6. The van der Waals surface area contributed by atoms with Crippen LogP contribution in [0.15, 0.2) is 47.4 Å². The summed E-state index contributed by atoms with van der Waals surface area (Å²) >= 11 is 0. The summed E-state index contributed by atoms with van der Waals surface area (Å²) in [6.07, 6.45) is 4.79. The van der Waals surface area contributed by atoms with Gasteiger partial charge < -0.3 is 4.90 Å². The van der Waals surface area contributed by atoms with E-state index in [1.165, 1.54) is 25.7 Å². The number of hydrogen-bond acceptors (Lipinski definition) is 4. The fourth-order valence-electron chi connectivity index (χ4n) is 4.92. The molecule has 0 aromatic heterocycles. The quantitative estimate of drug-likeness (QED) is 0.682. The van der Waals surface area contributed by atoms with E-state index in [0.29, 0.717) is 4.90 Å². The fraction of sp³-hybridized carbons (Fsp3) is 0.600. The first kappa shape index (κ1) is 21.8. The molecule has 2 aliphatic rings. The van der Waals surface area contributed by atoms with Crippen molar-refractivity contribution in [2.24, 2.45) is 11.8 Å². The molecule has 0 aliphatic carbocycles. The molecular weight excluding hydrogens is 392 g/mol. The van der Waals surface area contributed by atoms with Gasteiger partial charge in [-0.3, -0.25) is 4.90 Å². The van der Waals surface area contributed by atoms with Crippen molar-refractivity contribution >= 4 is 20.6 Å². The molecule has 4 nitrogen and oxygen atoms in total. The van der Waals surface area contributed by atoms with Gasteiger partial charge in [0.25, 0.3) is 0 Å². The molecule has 0 bridgehead atoms. The van der Waals surface area contributed by atoms with E-state index in [0.717, 1.165) is 55.3 Å². The molecule has 1 atom stereocenters. The number of fused-ring (bicyclic) bond motifs is 1. The van der Waals surface area contributed by atoms with Gasteiger partial charge in [0.1, 0.15) is 0 Å². The van der Waals surface area contributed by atoms with Crippen LogP contribution in [-0.4, -0.2) is 62.7 Å². The lowest BCUT2D eigenvalue weighted by Crippen LogP contribution is -2.51. The van der Waals surface area contributed by atoms with Crippen LogP contribution in [0.4, 0.5) is 0 Å². The molecule has 5 heteroatoms. The lowest BCUT2D eigenvalue weighted by atomic mass is 9.97. The van der Waals surface area contributed by atoms with Gasteiger partial charge in [-0.05, 0) is 86.6 Å². The minimum absolute atomic E-state index is 0.0716. The number of rotatable bonds is 6. The summed E-state index contributed by atoms with van der Waals surface area (Å²) in [5.41, 5.74) is 0. The van der Waals surface area contributed by atoms with Crippen molar-refractivity contribution in [1.29, 1.82) is 0 Å². The highest BCUT2D eigenvalue weighted by Crippen LogP contribution is 2.25. The Labute approximate surface area is 182 Å². The SMILES string of the molecule is CC1CCN(C[C@H](CS(=O)(=O)c2ccc3ccccc3c2)N2CCC(C)CC2)CC1. The Balaban J connectivity index is 1.54. The maximum Gasteiger partial charge on any atom is 0.179 e. The van der Waals surface area contributed by atoms with Crippen LogP contribution in [-0.2, 0) is 9.84 Å². The van der Waals surface area contributed by atoms with Crippen molar-refractivity contribution in [2.75, 3.05) is 38.5 Å². The van der Waals surface area contributed by atoms with E-state index in [1.807, 2.05) is 36.4 Å². The lowest BCUT2D eigenvalue weighted by Gasteiger charge is -2.40. The van der Waals surface area contributed by atoms with Crippen molar-refractivity contribution in [3.8, 4) is 0 Å². The van der Waals surface area contributed by atoms with Gasteiger partial charge in [0.05, 0.1) is 10.6 Å². The van der Waals surface area contributed by atoms with Gasteiger partial charge >= 0.3 is 0 Å². The van der Waals surface area contributed by atoms with Crippen molar-refractivity contribution in [3.05, 3.63) is 42.5 Å². The molecule has 164 valence electrons. The van der Waals surface area contributed by atoms with Crippen LogP contribution in [0.2, 0.25) is 0 Å². The van der Waals surface area contributed by atoms with Crippen LogP contribution < -0.4 is 0 Å². The third kappa shape index (κ3) is 5.24. The number of piperidine rings is 2. The van der Waals surface area contributed by atoms with Gasteiger partial charge in [-0.1, -0.05) is 44.2 Å². The monoisotopic (exact) mass is 428 g/mol. The second kappa shape index (κ2) is 9.37. The van der Waals surface area contributed by atoms with Crippen LogP contribution in [0.5, 0.6) is 0 Å². The number of nitrogens with zero attached hydrogens (tertiary/aromatic N) is 2. The first-order chi connectivity index (χ1) is 14.4. The van der Waals surface area contributed by atoms with Gasteiger partial charge in [0, 0.05) is 12.6 Å². The number of likely N-dealkylation sites (tertiary alicyclic amines) is 2. The highest BCUT2D eigenvalue weighted by Gasteiger charge is 2.31. The second-order valence-electron chi connectivity index (χ2n) is 9.65. The van der Waals surface area contributed by atoms with Crippen LogP contribution in [0.25, 0.3) is 10.8 Å². The number of benzene rings is 2. The number of sulfone groups is 1. The molecule has 4 rings (SSSR count). The zero-order valence-electron chi connectivity index (χ0n) is 18.5. The Kier molecular flexibility index (Phi) is 6.81. The Morgan fingerprint density at radius 3 is 2.13 bits per heavy atom. The minimum atomic E-state index is -3.34. The smallest absolute Gasteiger partial charge is 0.179 e. The molecule has 2 aliphatic heterocycles. The van der Waals surface area contributed by atoms with E-state index in [-0.39, 0.29) is 11.8 Å². The van der Waals surface area contributed by atoms with Crippen molar-refractivity contribution in [3.63, 3.8) is 0 Å². The van der Waals surface area contributed by atoms with Crippen molar-refractivity contribution in [1.82, 2.24) is 9.80 Å². The molecule has 0 N–H and O–H groups in total. The van der Waals surface area contributed by atoms with E-state index < -0.39 is 9.84 Å². The maximum absolute atomic E-state index is 13.4. The van der Waals surface area contributed by atoms with Crippen LogP contribution >= 0.6 is 0 Å². The second-order valence-corrected chi connectivity index (χ2v) is 11.7. The molecule has 0 amide bonds. The standard InChI is InChI=1S/C25H36N2O2S/c1-20-9-13-26(14-10-20)18-24(27-15-11-21(2)12-16-27)19-30(28,29)25-8-7-22-5-3-4-6-23(22)17-25/h3-8,17,20-21,24H,9-16,18-19H2,1-2H3/t24-/m1/s1. The predicted molar refractivity (Wildman–Crippen MR) is 125 cm³/mol. The molecule has 2 aromatic rings. The summed E-state index contributed by atoms with van der Waals surface area (Å²) in [5.74, 6) is 1.75. The van der Waals surface area contributed by atoms with E-state index >= 15 is 0 Å². The third-order valence-corrected chi connectivity index (χ3v) is 8.97. The summed E-state index contributed by atoms with van der Waals surface area (Å²) in [5, 5.41) is 2.08. The molecule has 0 saturated carbocycles. The zero-order chi connectivity index (χ0) is 21.1. The van der Waals surface area contributed by atoms with Crippen LogP contribution in [0.3, 0.4) is 0 Å². The van der Waals surface area contributed by atoms with Gasteiger partial charge in [0.2, 0.25) is 0 Å². The largest absolute Gasteiger partial charge is 0.302 e. The summed E-state index contributed by atoms with van der Waals surface area (Å²) in [6.45, 7) is 9.73. The maximum atomic E-state index is 13.4. The van der Waals surface area contributed by atoms with E-state index in [4.69, 9.17) is 0 Å². The van der Waals surface area contributed by atoms with Gasteiger partial charge in [-0.25, -0.2) is 8.42 Å². The van der Waals surface area contributed by atoms with Crippen LogP contribution in [0.1, 0.15) is 39.5 Å². The molecule has 30 heavy (non-hydrogen) atoms. The first-order valence-corrected chi connectivity index (χ1v) is 13.2. The summed E-state index contributed by atoms with van der Waals surface area (Å²) < 4.78 is 26.9.